The summed E-state index contributed by atoms with van der Waals surface area (Å²) < 4.78 is -0.476. The average molecular weight is 413 g/mol. The molecule has 0 unspecified atom stereocenters. The van der Waals surface area contributed by atoms with Gasteiger partial charge in [-0.3, -0.25) is 9.80 Å². The molecule has 0 atom stereocenters. The van der Waals surface area contributed by atoms with E-state index in [-0.39, 0.29) is 0 Å². The quantitative estimate of drug-likeness (QED) is 0.385. The lowest BCUT2D eigenvalue weighted by atomic mass is 10.3. The monoisotopic (exact) mass is 412 g/mol. The van der Waals surface area contributed by atoms with E-state index in [9.17, 15) is 0 Å². The van der Waals surface area contributed by atoms with Gasteiger partial charge in [-0.05, 0) is 36.4 Å². The number of hydrogen-bond acceptors (Lipinski definition) is 6. The second-order valence-corrected chi connectivity index (χ2v) is 9.43. The minimum atomic E-state index is -0.476. The third-order valence-electron chi connectivity index (χ3n) is 5.01. The zero-order valence-electron chi connectivity index (χ0n) is 15.3. The van der Waals surface area contributed by atoms with Crippen LogP contribution in [0.15, 0.2) is 107 Å². The van der Waals surface area contributed by atoms with Gasteiger partial charge in [-0.2, -0.15) is 0 Å². The summed E-state index contributed by atoms with van der Waals surface area (Å²) in [4.78, 5) is 16.7. The van der Waals surface area contributed by atoms with E-state index in [2.05, 4.69) is 82.6 Å². The summed E-state index contributed by atoms with van der Waals surface area (Å²) in [6.45, 7) is 0. The van der Waals surface area contributed by atoms with Crippen molar-refractivity contribution < 1.29 is 0 Å². The third kappa shape index (κ3) is 2.49. The van der Waals surface area contributed by atoms with Crippen LogP contribution in [0.3, 0.4) is 0 Å². The third-order valence-corrected chi connectivity index (χ3v) is 8.06. The highest BCUT2D eigenvalue weighted by atomic mass is 32.2. The molecule has 4 nitrogen and oxygen atoms in total. The Balaban J connectivity index is 1.63. The second-order valence-electron chi connectivity index (χ2n) is 6.74. The lowest BCUT2D eigenvalue weighted by molar-refractivity contribution is 0.859. The van der Waals surface area contributed by atoms with E-state index in [1.807, 2.05) is 35.7 Å². The molecule has 0 fully saturated rings. The molecule has 0 saturated heterocycles. The highest BCUT2D eigenvalue weighted by Gasteiger charge is 2.57. The fourth-order valence-corrected chi connectivity index (χ4v) is 7.13. The van der Waals surface area contributed by atoms with Crippen molar-refractivity contribution in [3.05, 3.63) is 97.3 Å². The number of anilines is 4. The SMILES string of the molecule is c1ccc(N2c3nccnc3N(c3ccccc3)C23Sc2ccccc2S3)cc1. The fraction of sp³-hybridized carbons (Fsp3) is 0.0435. The molecular weight excluding hydrogens is 396 g/mol. The van der Waals surface area contributed by atoms with Crippen LogP contribution >= 0.6 is 23.5 Å². The van der Waals surface area contributed by atoms with Gasteiger partial charge in [0.05, 0.1) is 0 Å². The smallest absolute Gasteiger partial charge is 0.231 e. The number of rotatable bonds is 2. The van der Waals surface area contributed by atoms with Crippen LogP contribution in [-0.2, 0) is 0 Å². The van der Waals surface area contributed by atoms with Crippen molar-refractivity contribution in [2.24, 2.45) is 0 Å². The van der Waals surface area contributed by atoms with Crippen molar-refractivity contribution in [3.63, 3.8) is 0 Å². The van der Waals surface area contributed by atoms with Gasteiger partial charge in [0, 0.05) is 33.6 Å². The molecule has 6 heteroatoms. The van der Waals surface area contributed by atoms with Crippen LogP contribution in [-0.4, -0.2) is 14.3 Å². The molecule has 4 aromatic rings. The van der Waals surface area contributed by atoms with E-state index in [0.717, 1.165) is 23.0 Å². The molecule has 140 valence electrons. The number of nitrogens with zero attached hydrogens (tertiary/aromatic N) is 4. The van der Waals surface area contributed by atoms with Gasteiger partial charge in [0.25, 0.3) is 0 Å². The summed E-state index contributed by atoms with van der Waals surface area (Å²) >= 11 is 3.69. The van der Waals surface area contributed by atoms with Crippen LogP contribution in [0.1, 0.15) is 0 Å². The maximum Gasteiger partial charge on any atom is 0.231 e. The number of aromatic nitrogens is 2. The summed E-state index contributed by atoms with van der Waals surface area (Å²) in [7, 11) is 0. The molecule has 0 bridgehead atoms. The Morgan fingerprint density at radius 3 is 1.41 bits per heavy atom. The Labute approximate surface area is 177 Å². The van der Waals surface area contributed by atoms with Gasteiger partial charge in [0.1, 0.15) is 0 Å². The molecule has 0 radical (unpaired) electrons. The minimum Gasteiger partial charge on any atom is -0.281 e. The first-order valence-corrected chi connectivity index (χ1v) is 11.0. The standard InChI is InChI=1S/C23H16N4S2/c1-3-9-17(10-4-1)26-21-22(25-16-15-24-21)27(18-11-5-2-6-12-18)23(26)28-19-13-7-8-14-20(19)29-23/h1-16H. The van der Waals surface area contributed by atoms with Crippen LogP contribution in [0.25, 0.3) is 0 Å². The Morgan fingerprint density at radius 2 is 0.966 bits per heavy atom. The molecule has 29 heavy (non-hydrogen) atoms. The van der Waals surface area contributed by atoms with E-state index < -0.39 is 4.33 Å². The van der Waals surface area contributed by atoms with Crippen LogP contribution in [0.4, 0.5) is 23.0 Å². The van der Waals surface area contributed by atoms with Crippen molar-refractivity contribution in [1.29, 1.82) is 0 Å². The summed E-state index contributed by atoms with van der Waals surface area (Å²) in [5.74, 6) is 1.74. The topological polar surface area (TPSA) is 32.3 Å². The van der Waals surface area contributed by atoms with E-state index >= 15 is 0 Å². The maximum absolute atomic E-state index is 4.77. The van der Waals surface area contributed by atoms with Gasteiger partial charge in [-0.1, -0.05) is 72.1 Å². The normalized spacial score (nSPS) is 16.1. The van der Waals surface area contributed by atoms with Crippen LogP contribution in [0, 0.1) is 0 Å². The van der Waals surface area contributed by atoms with Gasteiger partial charge in [0.2, 0.25) is 4.33 Å². The maximum atomic E-state index is 4.77. The van der Waals surface area contributed by atoms with Gasteiger partial charge in [0.15, 0.2) is 11.6 Å². The summed E-state index contributed by atoms with van der Waals surface area (Å²) in [5, 5.41) is 0. The average Bonchev–Trinajstić information content (AvgIpc) is 3.29. The number of para-hydroxylation sites is 2. The second kappa shape index (κ2) is 6.54. The van der Waals surface area contributed by atoms with Gasteiger partial charge in [-0.25, -0.2) is 9.97 Å². The van der Waals surface area contributed by atoms with Gasteiger partial charge >= 0.3 is 0 Å². The first kappa shape index (κ1) is 16.9. The van der Waals surface area contributed by atoms with E-state index in [1.165, 1.54) is 9.79 Å². The summed E-state index contributed by atoms with van der Waals surface area (Å²) in [6, 6.07) is 29.5. The molecule has 3 heterocycles. The molecule has 2 aliphatic rings. The fourth-order valence-electron chi connectivity index (χ4n) is 3.84. The van der Waals surface area contributed by atoms with Gasteiger partial charge in [-0.15, -0.1) is 0 Å². The molecule has 1 spiro atoms. The molecule has 0 N–H and O–H groups in total. The molecule has 6 rings (SSSR count). The molecule has 0 saturated carbocycles. The highest BCUT2D eigenvalue weighted by molar-refractivity contribution is 8.21. The first-order valence-electron chi connectivity index (χ1n) is 9.35. The largest absolute Gasteiger partial charge is 0.281 e. The van der Waals surface area contributed by atoms with E-state index in [1.54, 1.807) is 12.4 Å². The lowest BCUT2D eigenvalue weighted by Gasteiger charge is -2.40. The van der Waals surface area contributed by atoms with Crippen molar-refractivity contribution >= 4 is 46.5 Å². The van der Waals surface area contributed by atoms with Crippen LogP contribution in [0.5, 0.6) is 0 Å². The zero-order chi connectivity index (χ0) is 19.3. The van der Waals surface area contributed by atoms with Crippen molar-refractivity contribution in [2.45, 2.75) is 14.1 Å². The Hall–Kier alpha value is -2.96. The van der Waals surface area contributed by atoms with Crippen LogP contribution in [0.2, 0.25) is 0 Å². The Kier molecular flexibility index (Phi) is 3.82. The summed E-state index contributed by atoms with van der Waals surface area (Å²) in [5.41, 5.74) is 2.20. The Morgan fingerprint density at radius 1 is 0.552 bits per heavy atom. The number of fused-ring (bicyclic) bond motifs is 2. The molecule has 3 aromatic carbocycles. The molecular formula is C23H16N4S2. The van der Waals surface area contributed by atoms with Crippen molar-refractivity contribution in [1.82, 2.24) is 9.97 Å². The van der Waals surface area contributed by atoms with E-state index in [0.29, 0.717) is 0 Å². The Bertz CT molecular complexity index is 1090. The molecule has 0 aliphatic carbocycles. The van der Waals surface area contributed by atoms with Crippen LogP contribution < -0.4 is 9.80 Å². The number of benzene rings is 3. The van der Waals surface area contributed by atoms with Crippen molar-refractivity contribution in [3.8, 4) is 0 Å². The highest BCUT2D eigenvalue weighted by Crippen LogP contribution is 2.67. The lowest BCUT2D eigenvalue weighted by Crippen LogP contribution is -2.46. The van der Waals surface area contributed by atoms with Gasteiger partial charge < -0.3 is 0 Å². The van der Waals surface area contributed by atoms with E-state index in [4.69, 9.17) is 9.97 Å². The molecule has 1 aromatic heterocycles. The van der Waals surface area contributed by atoms with Crippen molar-refractivity contribution in [2.75, 3.05) is 9.80 Å². The summed E-state index contributed by atoms with van der Waals surface area (Å²) in [6.07, 6.45) is 3.54. The predicted octanol–water partition coefficient (Wildman–Crippen LogP) is 6.28. The number of thioether (sulfide) groups is 2. The minimum absolute atomic E-state index is 0.476. The molecule has 2 aliphatic heterocycles. The zero-order valence-corrected chi connectivity index (χ0v) is 17.0. The predicted molar refractivity (Wildman–Crippen MR) is 120 cm³/mol. The molecule has 0 amide bonds. The first-order chi connectivity index (χ1) is 14.4. The number of hydrogen-bond donors (Lipinski definition) is 0.